The molecule has 154 valence electrons. The number of benzene rings is 2. The van der Waals surface area contributed by atoms with Gasteiger partial charge in [-0.15, -0.1) is 0 Å². The molecule has 0 aromatic heterocycles. The van der Waals surface area contributed by atoms with E-state index < -0.39 is 11.9 Å². The van der Waals surface area contributed by atoms with E-state index in [9.17, 15) is 14.3 Å². The van der Waals surface area contributed by atoms with Gasteiger partial charge in [-0.1, -0.05) is 66.8 Å². The fraction of sp³-hybridized carbons (Fsp3) is 0.192. The Bertz CT molecular complexity index is 1090. The van der Waals surface area contributed by atoms with E-state index in [-0.39, 0.29) is 17.8 Å². The minimum absolute atomic E-state index is 0.229. The Labute approximate surface area is 176 Å². The summed E-state index contributed by atoms with van der Waals surface area (Å²) in [6.45, 7) is 7.81. The summed E-state index contributed by atoms with van der Waals surface area (Å²) in [4.78, 5) is 12.5. The van der Waals surface area contributed by atoms with Crippen molar-refractivity contribution in [1.82, 2.24) is 0 Å². The molecule has 2 aromatic carbocycles. The molecule has 3 nitrogen and oxygen atoms in total. The van der Waals surface area contributed by atoms with Gasteiger partial charge in [0.05, 0.1) is 12.7 Å². The molecule has 0 aliphatic heterocycles. The molecule has 0 spiro atoms. The van der Waals surface area contributed by atoms with Gasteiger partial charge in [-0.05, 0) is 43.0 Å². The van der Waals surface area contributed by atoms with Gasteiger partial charge in [-0.2, -0.15) is 0 Å². The van der Waals surface area contributed by atoms with E-state index in [1.54, 1.807) is 18.2 Å². The number of aliphatic carboxylic acids is 1. The van der Waals surface area contributed by atoms with Crippen molar-refractivity contribution in [3.8, 4) is 0 Å². The fourth-order valence-corrected chi connectivity index (χ4v) is 3.93. The zero-order valence-corrected chi connectivity index (χ0v) is 17.4. The summed E-state index contributed by atoms with van der Waals surface area (Å²) in [5, 5.41) is 10.2. The molecule has 1 aliphatic rings. The number of hydrogen-bond donors (Lipinski definition) is 1. The van der Waals surface area contributed by atoms with E-state index >= 15 is 0 Å². The normalized spacial score (nSPS) is 16.1. The highest BCUT2D eigenvalue weighted by molar-refractivity contribution is 6.07. The van der Waals surface area contributed by atoms with Crippen LogP contribution in [-0.2, 0) is 16.0 Å². The first-order valence-corrected chi connectivity index (χ1v) is 9.77. The Morgan fingerprint density at radius 2 is 2.00 bits per heavy atom. The molecular weight excluding hydrogens is 379 g/mol. The molecule has 0 heterocycles. The first-order valence-electron chi connectivity index (χ1n) is 9.77. The number of allylic oxidation sites excluding steroid dienone is 4. The SMILES string of the molecule is C=C(OC)/C(=C\C=C/C)C1=C(C(=O)O)C(Cc2ccccc2F)c2ccc(C)cc21. The molecule has 2 aromatic rings. The molecular formula is C26H25FO3. The first kappa shape index (κ1) is 21.3. The van der Waals surface area contributed by atoms with Gasteiger partial charge in [0.2, 0.25) is 0 Å². The number of methoxy groups -OCH3 is 1. The average molecular weight is 404 g/mol. The standard InChI is InChI=1S/C26H25FO3/c1-5-6-10-19(17(3)30-4)24-21-14-16(2)12-13-20(21)22(25(24)26(28)29)15-18-9-7-8-11-23(18)27/h5-14,22H,3,15H2,1-2,4H3,(H,28,29)/b6-5-,19-10+. The van der Waals surface area contributed by atoms with Gasteiger partial charge in [0, 0.05) is 17.1 Å². The van der Waals surface area contributed by atoms with Crippen LogP contribution in [-0.4, -0.2) is 18.2 Å². The van der Waals surface area contributed by atoms with Crippen LogP contribution < -0.4 is 0 Å². The van der Waals surface area contributed by atoms with Crippen molar-refractivity contribution in [3.05, 3.63) is 112 Å². The van der Waals surface area contributed by atoms with Crippen molar-refractivity contribution in [1.29, 1.82) is 0 Å². The monoisotopic (exact) mass is 404 g/mol. The minimum atomic E-state index is -1.03. The highest BCUT2D eigenvalue weighted by Crippen LogP contribution is 2.48. The maximum atomic E-state index is 14.4. The number of halogens is 1. The smallest absolute Gasteiger partial charge is 0.332 e. The molecule has 3 rings (SSSR count). The number of carboxylic acid groups (broad SMARTS) is 1. The van der Waals surface area contributed by atoms with Crippen LogP contribution in [0.25, 0.3) is 5.57 Å². The second kappa shape index (κ2) is 8.95. The van der Waals surface area contributed by atoms with Gasteiger partial charge in [0.15, 0.2) is 0 Å². The molecule has 1 atom stereocenters. The van der Waals surface area contributed by atoms with Crippen molar-refractivity contribution < 1.29 is 19.0 Å². The van der Waals surface area contributed by atoms with Crippen LogP contribution in [0.3, 0.4) is 0 Å². The molecule has 0 amide bonds. The van der Waals surface area contributed by atoms with Crippen LogP contribution in [0, 0.1) is 12.7 Å². The average Bonchev–Trinajstić information content (AvgIpc) is 3.03. The van der Waals surface area contributed by atoms with Crippen LogP contribution >= 0.6 is 0 Å². The Kier molecular flexibility index (Phi) is 6.36. The van der Waals surface area contributed by atoms with Crippen LogP contribution in [0.1, 0.15) is 35.1 Å². The first-order chi connectivity index (χ1) is 14.4. The summed E-state index contributed by atoms with van der Waals surface area (Å²) >= 11 is 0. The Morgan fingerprint density at radius 1 is 1.27 bits per heavy atom. The van der Waals surface area contributed by atoms with Crippen molar-refractivity contribution >= 4 is 11.5 Å². The number of carboxylic acids is 1. The maximum absolute atomic E-state index is 14.4. The summed E-state index contributed by atoms with van der Waals surface area (Å²) in [6, 6.07) is 12.4. The van der Waals surface area contributed by atoms with Gasteiger partial charge in [0.1, 0.15) is 11.6 Å². The summed E-state index contributed by atoms with van der Waals surface area (Å²) in [6.07, 6.45) is 5.74. The van der Waals surface area contributed by atoms with Crippen molar-refractivity contribution in [2.24, 2.45) is 0 Å². The van der Waals surface area contributed by atoms with Crippen LogP contribution in [0.2, 0.25) is 0 Å². The van der Waals surface area contributed by atoms with E-state index in [1.807, 2.05) is 50.3 Å². The molecule has 1 unspecified atom stereocenters. The number of rotatable bonds is 7. The molecule has 30 heavy (non-hydrogen) atoms. The van der Waals surface area contributed by atoms with Crippen LogP contribution in [0.5, 0.6) is 0 Å². The highest BCUT2D eigenvalue weighted by atomic mass is 19.1. The third kappa shape index (κ3) is 3.99. The minimum Gasteiger partial charge on any atom is -0.497 e. The number of carbonyl (C=O) groups is 1. The van der Waals surface area contributed by atoms with Crippen molar-refractivity contribution in [2.75, 3.05) is 7.11 Å². The quantitative estimate of drug-likeness (QED) is 0.456. The molecule has 0 saturated heterocycles. The number of aryl methyl sites for hydroxylation is 1. The third-order valence-corrected chi connectivity index (χ3v) is 5.36. The van der Waals surface area contributed by atoms with Crippen molar-refractivity contribution in [2.45, 2.75) is 26.2 Å². The summed E-state index contributed by atoms with van der Waals surface area (Å²) in [7, 11) is 1.51. The number of fused-ring (bicyclic) bond motifs is 1. The topological polar surface area (TPSA) is 46.5 Å². The van der Waals surface area contributed by atoms with E-state index in [1.165, 1.54) is 13.2 Å². The summed E-state index contributed by atoms with van der Waals surface area (Å²) in [5.74, 6) is -1.48. The van der Waals surface area contributed by atoms with E-state index in [2.05, 4.69) is 6.58 Å². The lowest BCUT2D eigenvalue weighted by Gasteiger charge is -2.16. The predicted molar refractivity (Wildman–Crippen MR) is 118 cm³/mol. The summed E-state index contributed by atoms with van der Waals surface area (Å²) < 4.78 is 19.8. The Morgan fingerprint density at radius 3 is 2.63 bits per heavy atom. The van der Waals surface area contributed by atoms with E-state index in [0.29, 0.717) is 22.5 Å². The molecule has 4 heteroatoms. The van der Waals surface area contributed by atoms with Crippen LogP contribution in [0.15, 0.2) is 84.2 Å². The Hall–Kier alpha value is -3.40. The predicted octanol–water partition coefficient (Wildman–Crippen LogP) is 5.97. The van der Waals surface area contributed by atoms with Gasteiger partial charge >= 0.3 is 5.97 Å². The third-order valence-electron chi connectivity index (χ3n) is 5.36. The van der Waals surface area contributed by atoms with Gasteiger partial charge < -0.3 is 9.84 Å². The second-order valence-corrected chi connectivity index (χ2v) is 7.27. The number of hydrogen-bond acceptors (Lipinski definition) is 2. The lowest BCUT2D eigenvalue weighted by Crippen LogP contribution is -2.12. The van der Waals surface area contributed by atoms with E-state index in [0.717, 1.165) is 16.7 Å². The van der Waals surface area contributed by atoms with Gasteiger partial charge in [0.25, 0.3) is 0 Å². The van der Waals surface area contributed by atoms with Crippen LogP contribution in [0.4, 0.5) is 4.39 Å². The summed E-state index contributed by atoms with van der Waals surface area (Å²) in [5.41, 5.74) is 4.60. The van der Waals surface area contributed by atoms with Gasteiger partial charge in [-0.25, -0.2) is 9.18 Å². The zero-order chi connectivity index (χ0) is 21.8. The maximum Gasteiger partial charge on any atom is 0.332 e. The fourth-order valence-electron chi connectivity index (χ4n) is 3.93. The molecule has 0 fully saturated rings. The Balaban J connectivity index is 2.29. The molecule has 0 saturated carbocycles. The van der Waals surface area contributed by atoms with Gasteiger partial charge in [-0.3, -0.25) is 0 Å². The second-order valence-electron chi connectivity index (χ2n) is 7.27. The zero-order valence-electron chi connectivity index (χ0n) is 17.4. The molecule has 1 aliphatic carbocycles. The molecule has 0 radical (unpaired) electrons. The lowest BCUT2D eigenvalue weighted by atomic mass is 9.88. The van der Waals surface area contributed by atoms with E-state index in [4.69, 9.17) is 4.74 Å². The molecule has 1 N–H and O–H groups in total. The largest absolute Gasteiger partial charge is 0.497 e. The lowest BCUT2D eigenvalue weighted by molar-refractivity contribution is -0.132. The molecule has 0 bridgehead atoms. The van der Waals surface area contributed by atoms with Crippen molar-refractivity contribution in [3.63, 3.8) is 0 Å². The highest BCUT2D eigenvalue weighted by Gasteiger charge is 2.37. The number of ether oxygens (including phenoxy) is 1.